The summed E-state index contributed by atoms with van der Waals surface area (Å²) in [5, 5.41) is 7.10. The molecule has 158 valence electrons. The molecule has 1 aliphatic rings. The van der Waals surface area contributed by atoms with Crippen molar-refractivity contribution in [1.29, 1.82) is 0 Å². The van der Waals surface area contributed by atoms with Crippen LogP contribution in [0.4, 0.5) is 5.82 Å². The average Bonchev–Trinajstić information content (AvgIpc) is 3.53. The summed E-state index contributed by atoms with van der Waals surface area (Å²) >= 11 is 0. The van der Waals surface area contributed by atoms with Gasteiger partial charge < -0.3 is 9.73 Å². The number of fused-ring (bicyclic) bond motifs is 1. The minimum absolute atomic E-state index is 0.0412. The Morgan fingerprint density at radius 3 is 2.50 bits per heavy atom. The molecule has 0 saturated heterocycles. The Hall–Kier alpha value is -4.46. The summed E-state index contributed by atoms with van der Waals surface area (Å²) in [7, 11) is 0. The summed E-state index contributed by atoms with van der Waals surface area (Å²) in [6, 6.07) is 19.4. The van der Waals surface area contributed by atoms with E-state index in [1.807, 2.05) is 30.3 Å². The van der Waals surface area contributed by atoms with Crippen molar-refractivity contribution in [3.63, 3.8) is 0 Å². The molecule has 0 fully saturated rings. The molecule has 3 heterocycles. The van der Waals surface area contributed by atoms with Crippen LogP contribution < -0.4 is 5.32 Å². The van der Waals surface area contributed by atoms with Gasteiger partial charge in [-0.25, -0.2) is 4.68 Å². The van der Waals surface area contributed by atoms with Crippen molar-refractivity contribution in [1.82, 2.24) is 14.7 Å². The van der Waals surface area contributed by atoms with Crippen molar-refractivity contribution in [2.24, 2.45) is 0 Å². The van der Waals surface area contributed by atoms with E-state index >= 15 is 0 Å². The Morgan fingerprint density at radius 1 is 0.906 bits per heavy atom. The number of nitrogens with one attached hydrogen (secondary N) is 1. The van der Waals surface area contributed by atoms with Crippen molar-refractivity contribution in [3.8, 4) is 0 Å². The van der Waals surface area contributed by atoms with Crippen LogP contribution in [-0.4, -0.2) is 32.4 Å². The highest BCUT2D eigenvalue weighted by atomic mass is 16.3. The molecule has 0 unspecified atom stereocenters. The molecule has 1 N–H and O–H groups in total. The summed E-state index contributed by atoms with van der Waals surface area (Å²) in [5.41, 5.74) is 1.79. The van der Waals surface area contributed by atoms with E-state index in [-0.39, 0.29) is 23.2 Å². The van der Waals surface area contributed by atoms with Crippen molar-refractivity contribution in [3.05, 3.63) is 107 Å². The van der Waals surface area contributed by atoms with Crippen molar-refractivity contribution >= 4 is 23.5 Å². The van der Waals surface area contributed by atoms with E-state index in [0.717, 1.165) is 10.5 Å². The van der Waals surface area contributed by atoms with Gasteiger partial charge in [0.15, 0.2) is 0 Å². The fourth-order valence-corrected chi connectivity index (χ4v) is 3.64. The topological polar surface area (TPSA) is 97.4 Å². The number of imide groups is 1. The van der Waals surface area contributed by atoms with Crippen LogP contribution in [0.2, 0.25) is 0 Å². The second-order valence-electron chi connectivity index (χ2n) is 7.35. The number of anilines is 1. The lowest BCUT2D eigenvalue weighted by Crippen LogP contribution is -2.28. The lowest BCUT2D eigenvalue weighted by molar-refractivity contribution is 0.0631. The van der Waals surface area contributed by atoms with E-state index in [0.29, 0.717) is 18.1 Å². The fraction of sp³-hybridized carbons (Fsp3) is 0.0833. The maximum Gasteiger partial charge on any atom is 0.261 e. The number of rotatable bonds is 6. The molecule has 4 aromatic rings. The standard InChI is InChI=1S/C24H18N4O4/c29-22(26-21-10-11-25-28(21)14-16-5-2-1-3-6-16)17-8-9-19-20(13-17)24(31)27(23(19)30)15-18-7-4-12-32-18/h1-13H,14-15H2,(H,26,29). The molecular formula is C24H18N4O4. The van der Waals surface area contributed by atoms with Gasteiger partial charge in [0.05, 0.1) is 36.7 Å². The van der Waals surface area contributed by atoms with Crippen LogP contribution in [0.3, 0.4) is 0 Å². The first kappa shape index (κ1) is 19.5. The van der Waals surface area contributed by atoms with Gasteiger partial charge in [-0.15, -0.1) is 0 Å². The zero-order valence-electron chi connectivity index (χ0n) is 16.9. The first-order valence-electron chi connectivity index (χ1n) is 10.00. The normalized spacial score (nSPS) is 12.8. The molecule has 1 aliphatic heterocycles. The van der Waals surface area contributed by atoms with Crippen LogP contribution in [-0.2, 0) is 13.1 Å². The number of carbonyl (C=O) groups excluding carboxylic acids is 3. The highest BCUT2D eigenvalue weighted by Crippen LogP contribution is 2.26. The molecule has 0 spiro atoms. The first-order chi connectivity index (χ1) is 15.6. The maximum absolute atomic E-state index is 12.9. The molecule has 5 rings (SSSR count). The summed E-state index contributed by atoms with van der Waals surface area (Å²) in [5.74, 6) is -0.225. The SMILES string of the molecule is O=C(Nc1ccnn1Cc1ccccc1)c1ccc2c(c1)C(=O)N(Cc1ccco1)C2=O. The van der Waals surface area contributed by atoms with Crippen LogP contribution in [0.5, 0.6) is 0 Å². The van der Waals surface area contributed by atoms with Gasteiger partial charge in [0.1, 0.15) is 11.6 Å². The number of hydrogen-bond acceptors (Lipinski definition) is 5. The van der Waals surface area contributed by atoms with Gasteiger partial charge in [-0.2, -0.15) is 5.10 Å². The van der Waals surface area contributed by atoms with E-state index in [1.165, 1.54) is 24.5 Å². The van der Waals surface area contributed by atoms with Crippen LogP contribution in [0, 0.1) is 0 Å². The smallest absolute Gasteiger partial charge is 0.261 e. The second-order valence-corrected chi connectivity index (χ2v) is 7.35. The van der Waals surface area contributed by atoms with Crippen molar-refractivity contribution in [2.75, 3.05) is 5.32 Å². The van der Waals surface area contributed by atoms with Gasteiger partial charge in [0.2, 0.25) is 0 Å². The summed E-state index contributed by atoms with van der Waals surface area (Å²) in [4.78, 5) is 39.4. The first-order valence-corrected chi connectivity index (χ1v) is 10.00. The van der Waals surface area contributed by atoms with Crippen LogP contribution in [0.1, 0.15) is 42.4 Å². The third-order valence-corrected chi connectivity index (χ3v) is 5.26. The molecule has 3 amide bonds. The summed E-state index contributed by atoms with van der Waals surface area (Å²) < 4.78 is 6.93. The lowest BCUT2D eigenvalue weighted by atomic mass is 10.1. The van der Waals surface area contributed by atoms with Gasteiger partial charge in [-0.3, -0.25) is 19.3 Å². The number of carbonyl (C=O) groups is 3. The molecule has 8 heteroatoms. The molecule has 2 aromatic heterocycles. The molecule has 0 bridgehead atoms. The Morgan fingerprint density at radius 2 is 1.72 bits per heavy atom. The van der Waals surface area contributed by atoms with Gasteiger partial charge in [-0.1, -0.05) is 30.3 Å². The molecule has 0 saturated carbocycles. The Kier molecular flexibility index (Phi) is 4.87. The van der Waals surface area contributed by atoms with E-state index < -0.39 is 17.7 Å². The minimum atomic E-state index is -0.454. The van der Waals surface area contributed by atoms with E-state index in [1.54, 1.807) is 29.1 Å². The number of benzene rings is 2. The summed E-state index contributed by atoms with van der Waals surface area (Å²) in [6.45, 7) is 0.544. The van der Waals surface area contributed by atoms with E-state index in [9.17, 15) is 14.4 Å². The van der Waals surface area contributed by atoms with Gasteiger partial charge >= 0.3 is 0 Å². The highest BCUT2D eigenvalue weighted by molar-refractivity contribution is 6.22. The number of furan rings is 1. The molecular weight excluding hydrogens is 408 g/mol. The Balaban J connectivity index is 1.34. The summed E-state index contributed by atoms with van der Waals surface area (Å²) in [6.07, 6.45) is 3.09. The van der Waals surface area contributed by atoms with Gasteiger partial charge in [0.25, 0.3) is 17.7 Å². The fourth-order valence-electron chi connectivity index (χ4n) is 3.64. The third-order valence-electron chi connectivity index (χ3n) is 5.26. The van der Waals surface area contributed by atoms with Gasteiger partial charge in [-0.05, 0) is 35.9 Å². The van der Waals surface area contributed by atoms with Crippen molar-refractivity contribution in [2.45, 2.75) is 13.1 Å². The average molecular weight is 426 g/mol. The zero-order valence-corrected chi connectivity index (χ0v) is 16.9. The number of hydrogen-bond donors (Lipinski definition) is 1. The van der Waals surface area contributed by atoms with Crippen LogP contribution in [0.15, 0.2) is 83.6 Å². The largest absolute Gasteiger partial charge is 0.467 e. The Bertz CT molecular complexity index is 1310. The molecule has 32 heavy (non-hydrogen) atoms. The quantitative estimate of drug-likeness (QED) is 0.476. The van der Waals surface area contributed by atoms with E-state index in [4.69, 9.17) is 4.42 Å². The predicted octanol–water partition coefficient (Wildman–Crippen LogP) is 3.57. The third kappa shape index (κ3) is 3.58. The molecule has 2 aromatic carbocycles. The van der Waals surface area contributed by atoms with E-state index in [2.05, 4.69) is 10.4 Å². The minimum Gasteiger partial charge on any atom is -0.467 e. The molecule has 0 aliphatic carbocycles. The molecule has 8 nitrogen and oxygen atoms in total. The van der Waals surface area contributed by atoms with Crippen molar-refractivity contribution < 1.29 is 18.8 Å². The number of nitrogens with zero attached hydrogens (tertiary/aromatic N) is 3. The number of aromatic nitrogens is 2. The zero-order chi connectivity index (χ0) is 22.1. The lowest BCUT2D eigenvalue weighted by Gasteiger charge is -2.11. The van der Waals surface area contributed by atoms with Gasteiger partial charge in [0, 0.05) is 11.6 Å². The van der Waals surface area contributed by atoms with Crippen LogP contribution >= 0.6 is 0 Å². The molecule has 0 atom stereocenters. The van der Waals surface area contributed by atoms with Crippen LogP contribution in [0.25, 0.3) is 0 Å². The second kappa shape index (κ2) is 7.99. The monoisotopic (exact) mass is 426 g/mol. The number of amides is 3. The predicted molar refractivity (Wildman–Crippen MR) is 115 cm³/mol. The highest BCUT2D eigenvalue weighted by Gasteiger charge is 2.36. The maximum atomic E-state index is 12.9. The Labute approximate surface area is 183 Å². The molecule has 0 radical (unpaired) electrons.